The van der Waals surface area contributed by atoms with Crippen molar-refractivity contribution in [3.63, 3.8) is 0 Å². The van der Waals surface area contributed by atoms with E-state index < -0.39 is 0 Å². The number of carbonyl (C=O) groups is 2. The Hall–Kier alpha value is -2.90. The van der Waals surface area contributed by atoms with Crippen molar-refractivity contribution in [3.8, 4) is 5.75 Å². The third kappa shape index (κ3) is 6.05. The van der Waals surface area contributed by atoms with Crippen LogP contribution in [0.25, 0.3) is 0 Å². The smallest absolute Gasteiger partial charge is 0.259 e. The molecule has 0 spiro atoms. The fourth-order valence-electron chi connectivity index (χ4n) is 3.20. The third-order valence-electron chi connectivity index (χ3n) is 5.04. The van der Waals surface area contributed by atoms with Crippen LogP contribution < -0.4 is 10.1 Å². The first kappa shape index (κ1) is 21.8. The Bertz CT molecular complexity index is 863. The van der Waals surface area contributed by atoms with Crippen LogP contribution in [-0.4, -0.2) is 68.6 Å². The van der Waals surface area contributed by atoms with E-state index in [9.17, 15) is 9.59 Å². The van der Waals surface area contributed by atoms with Gasteiger partial charge in [0.25, 0.3) is 11.8 Å². The molecule has 2 aromatic rings. The van der Waals surface area contributed by atoms with Crippen LogP contribution in [0.1, 0.15) is 21.5 Å². The van der Waals surface area contributed by atoms with Crippen LogP contribution in [0.2, 0.25) is 0 Å². The molecule has 0 bridgehead atoms. The number of hydrogen-bond acceptors (Lipinski definition) is 5. The summed E-state index contributed by atoms with van der Waals surface area (Å²) in [5, 5.41) is 2.99. The fraction of sp³-hybridized carbons (Fsp3) is 0.391. The first-order chi connectivity index (χ1) is 14.5. The van der Waals surface area contributed by atoms with Crippen molar-refractivity contribution in [2.75, 3.05) is 47.0 Å². The summed E-state index contributed by atoms with van der Waals surface area (Å²) in [5.74, 6) is -0.00173. The number of hydrogen-bond donors (Lipinski definition) is 1. The molecule has 7 heteroatoms. The summed E-state index contributed by atoms with van der Waals surface area (Å²) in [5.41, 5.74) is 2.69. The van der Waals surface area contributed by atoms with E-state index in [2.05, 4.69) is 16.3 Å². The van der Waals surface area contributed by atoms with Gasteiger partial charge in [0.05, 0.1) is 18.8 Å². The first-order valence-electron chi connectivity index (χ1n) is 10.1. The van der Waals surface area contributed by atoms with E-state index in [1.54, 1.807) is 38.4 Å². The summed E-state index contributed by atoms with van der Waals surface area (Å²) in [6.45, 7) is 4.48. The second-order valence-corrected chi connectivity index (χ2v) is 7.41. The molecule has 0 atom stereocenters. The van der Waals surface area contributed by atoms with Gasteiger partial charge in [0.2, 0.25) is 0 Å². The van der Waals surface area contributed by atoms with Gasteiger partial charge in [-0.05, 0) is 23.3 Å². The average molecular weight is 412 g/mol. The molecule has 30 heavy (non-hydrogen) atoms. The van der Waals surface area contributed by atoms with Gasteiger partial charge in [0.15, 0.2) is 6.61 Å². The molecule has 1 aliphatic heterocycles. The summed E-state index contributed by atoms with van der Waals surface area (Å²) in [7, 11) is 3.33. The van der Waals surface area contributed by atoms with E-state index in [0.717, 1.165) is 38.4 Å². The number of amides is 2. The van der Waals surface area contributed by atoms with Crippen molar-refractivity contribution in [2.24, 2.45) is 0 Å². The topological polar surface area (TPSA) is 71.1 Å². The van der Waals surface area contributed by atoms with Crippen molar-refractivity contribution in [2.45, 2.75) is 13.1 Å². The molecule has 1 heterocycles. The van der Waals surface area contributed by atoms with Gasteiger partial charge in [-0.3, -0.25) is 14.5 Å². The Morgan fingerprint density at radius 3 is 2.43 bits per heavy atom. The van der Waals surface area contributed by atoms with Crippen molar-refractivity contribution in [1.82, 2.24) is 15.1 Å². The van der Waals surface area contributed by atoms with Crippen LogP contribution in [0, 0.1) is 0 Å². The molecule has 2 aromatic carbocycles. The molecule has 0 unspecified atom stereocenters. The molecule has 1 aliphatic rings. The molecular weight excluding hydrogens is 382 g/mol. The highest BCUT2D eigenvalue weighted by molar-refractivity contribution is 5.97. The highest BCUT2D eigenvalue weighted by Gasteiger charge is 2.16. The van der Waals surface area contributed by atoms with Gasteiger partial charge in [-0.2, -0.15) is 0 Å². The lowest BCUT2D eigenvalue weighted by Crippen LogP contribution is -2.36. The Labute approximate surface area is 177 Å². The van der Waals surface area contributed by atoms with Crippen LogP contribution in [0.15, 0.2) is 48.5 Å². The number of morpholine rings is 1. The Kier molecular flexibility index (Phi) is 7.82. The van der Waals surface area contributed by atoms with Crippen molar-refractivity contribution >= 4 is 11.8 Å². The first-order valence-corrected chi connectivity index (χ1v) is 10.1. The van der Waals surface area contributed by atoms with Gasteiger partial charge in [-0.25, -0.2) is 0 Å². The zero-order valence-electron chi connectivity index (χ0n) is 17.6. The number of nitrogens with one attached hydrogen (secondary N) is 1. The maximum absolute atomic E-state index is 12.8. The van der Waals surface area contributed by atoms with Crippen molar-refractivity contribution < 1.29 is 19.1 Å². The maximum atomic E-state index is 12.8. The quantitative estimate of drug-likeness (QED) is 0.719. The maximum Gasteiger partial charge on any atom is 0.259 e. The summed E-state index contributed by atoms with van der Waals surface area (Å²) in [4.78, 5) is 28.4. The highest BCUT2D eigenvalue weighted by Crippen LogP contribution is 2.19. The van der Waals surface area contributed by atoms with Crippen LogP contribution >= 0.6 is 0 Å². The Balaban J connectivity index is 1.63. The van der Waals surface area contributed by atoms with Gasteiger partial charge >= 0.3 is 0 Å². The minimum atomic E-state index is -0.232. The molecule has 3 rings (SSSR count). The molecule has 0 radical (unpaired) electrons. The zero-order chi connectivity index (χ0) is 21.3. The molecule has 0 aliphatic carbocycles. The van der Waals surface area contributed by atoms with E-state index in [-0.39, 0.29) is 18.4 Å². The lowest BCUT2D eigenvalue weighted by atomic mass is 10.1. The number of rotatable bonds is 8. The molecule has 160 valence electrons. The highest BCUT2D eigenvalue weighted by atomic mass is 16.5. The number of para-hydroxylation sites is 1. The monoisotopic (exact) mass is 411 g/mol. The number of nitrogens with zero attached hydrogens (tertiary/aromatic N) is 2. The summed E-state index contributed by atoms with van der Waals surface area (Å²) >= 11 is 0. The van der Waals surface area contributed by atoms with E-state index in [4.69, 9.17) is 9.47 Å². The number of likely N-dealkylation sites (N-methyl/N-ethyl adjacent to an activating group) is 1. The second kappa shape index (κ2) is 10.8. The number of ether oxygens (including phenoxy) is 2. The average Bonchev–Trinajstić information content (AvgIpc) is 2.77. The lowest BCUT2D eigenvalue weighted by Gasteiger charge is -2.27. The normalized spacial score (nSPS) is 14.2. The van der Waals surface area contributed by atoms with Crippen LogP contribution in [0.3, 0.4) is 0 Å². The van der Waals surface area contributed by atoms with Gasteiger partial charge in [0.1, 0.15) is 5.75 Å². The summed E-state index contributed by atoms with van der Waals surface area (Å²) < 4.78 is 11.0. The molecule has 1 N–H and O–H groups in total. The van der Waals surface area contributed by atoms with Gasteiger partial charge in [-0.1, -0.05) is 36.4 Å². The Morgan fingerprint density at radius 2 is 1.70 bits per heavy atom. The molecule has 1 fully saturated rings. The summed E-state index contributed by atoms with van der Waals surface area (Å²) in [6, 6.07) is 15.1. The van der Waals surface area contributed by atoms with Crippen molar-refractivity contribution in [3.05, 3.63) is 65.2 Å². The van der Waals surface area contributed by atoms with E-state index in [1.807, 2.05) is 18.2 Å². The zero-order valence-corrected chi connectivity index (χ0v) is 17.6. The predicted octanol–water partition coefficient (Wildman–Crippen LogP) is 1.92. The second-order valence-electron chi connectivity index (χ2n) is 7.41. The van der Waals surface area contributed by atoms with Gasteiger partial charge in [0, 0.05) is 40.3 Å². The molecule has 0 aromatic heterocycles. The lowest BCUT2D eigenvalue weighted by molar-refractivity contribution is -0.130. The van der Waals surface area contributed by atoms with Crippen LogP contribution in [-0.2, 0) is 22.6 Å². The van der Waals surface area contributed by atoms with Gasteiger partial charge in [-0.15, -0.1) is 0 Å². The van der Waals surface area contributed by atoms with E-state index in [0.29, 0.717) is 17.9 Å². The minimum absolute atomic E-state index is 0.111. The number of carbonyl (C=O) groups excluding carboxylic acids is 2. The minimum Gasteiger partial charge on any atom is -0.483 e. The van der Waals surface area contributed by atoms with Crippen LogP contribution in [0.4, 0.5) is 0 Å². The third-order valence-corrected chi connectivity index (χ3v) is 5.04. The van der Waals surface area contributed by atoms with E-state index >= 15 is 0 Å². The molecule has 0 saturated carbocycles. The molecule has 1 saturated heterocycles. The molecule has 7 nitrogen and oxygen atoms in total. The molecular formula is C23H29N3O4. The SMILES string of the molecule is CN(C)C(=O)COc1ccccc1C(=O)NCc1ccccc1CN1CCOCC1. The Morgan fingerprint density at radius 1 is 1.03 bits per heavy atom. The van der Waals surface area contributed by atoms with Crippen molar-refractivity contribution in [1.29, 1.82) is 0 Å². The fourth-order valence-corrected chi connectivity index (χ4v) is 3.20. The number of benzene rings is 2. The standard InChI is InChI=1S/C23H29N3O4/c1-25(2)22(27)17-30-21-10-6-5-9-20(21)23(28)24-15-18-7-3-4-8-19(18)16-26-11-13-29-14-12-26/h3-10H,11-17H2,1-2H3,(H,24,28). The largest absolute Gasteiger partial charge is 0.483 e. The summed E-state index contributed by atoms with van der Waals surface area (Å²) in [6.07, 6.45) is 0. The molecule has 2 amide bonds. The van der Waals surface area contributed by atoms with Crippen LogP contribution in [0.5, 0.6) is 5.75 Å². The van der Waals surface area contributed by atoms with E-state index in [1.165, 1.54) is 10.5 Å². The van der Waals surface area contributed by atoms with Gasteiger partial charge < -0.3 is 19.7 Å². The predicted molar refractivity (Wildman–Crippen MR) is 114 cm³/mol.